The summed E-state index contributed by atoms with van der Waals surface area (Å²) in [6.07, 6.45) is 2.39. The van der Waals surface area contributed by atoms with E-state index in [-0.39, 0.29) is 5.82 Å². The predicted molar refractivity (Wildman–Crippen MR) is 63.6 cm³/mol. The minimum atomic E-state index is -0.223. The van der Waals surface area contributed by atoms with Gasteiger partial charge in [-0.25, -0.2) is 4.39 Å². The van der Waals surface area contributed by atoms with Gasteiger partial charge < -0.3 is 14.8 Å². The Bertz CT molecular complexity index is 378. The minimum absolute atomic E-state index is 0.223. The van der Waals surface area contributed by atoms with Crippen molar-refractivity contribution >= 4 is 0 Å². The molecule has 0 spiro atoms. The molecule has 4 heteroatoms. The summed E-state index contributed by atoms with van der Waals surface area (Å²) < 4.78 is 23.8. The van der Waals surface area contributed by atoms with E-state index in [2.05, 4.69) is 5.32 Å². The number of rotatable bonds is 5. The number of hydrogen-bond acceptors (Lipinski definition) is 3. The number of halogens is 1. The van der Waals surface area contributed by atoms with E-state index in [1.807, 2.05) is 0 Å². The van der Waals surface area contributed by atoms with Crippen LogP contribution in [0.4, 0.5) is 4.39 Å². The second-order valence-corrected chi connectivity index (χ2v) is 4.36. The van der Waals surface area contributed by atoms with Crippen LogP contribution in [0, 0.1) is 5.82 Å². The summed E-state index contributed by atoms with van der Waals surface area (Å²) in [5.74, 6) is 0.328. The van der Waals surface area contributed by atoms with Crippen molar-refractivity contribution in [2.24, 2.45) is 0 Å². The van der Waals surface area contributed by atoms with Gasteiger partial charge in [0.1, 0.15) is 11.6 Å². The molecule has 1 aliphatic rings. The molecule has 17 heavy (non-hydrogen) atoms. The van der Waals surface area contributed by atoms with E-state index < -0.39 is 0 Å². The van der Waals surface area contributed by atoms with Gasteiger partial charge in [-0.3, -0.25) is 0 Å². The molecule has 1 fully saturated rings. The molecule has 0 unspecified atom stereocenters. The fraction of sp³-hybridized carbons (Fsp3) is 0.538. The molecule has 1 aromatic carbocycles. The topological polar surface area (TPSA) is 30.5 Å². The van der Waals surface area contributed by atoms with Crippen molar-refractivity contribution in [3.8, 4) is 5.75 Å². The lowest BCUT2D eigenvalue weighted by Crippen LogP contribution is -2.44. The third-order valence-electron chi connectivity index (χ3n) is 3.27. The molecule has 1 saturated carbocycles. The van der Waals surface area contributed by atoms with Crippen LogP contribution in [0.25, 0.3) is 0 Å². The van der Waals surface area contributed by atoms with Crippen LogP contribution in [0.15, 0.2) is 18.2 Å². The number of hydrogen-bond donors (Lipinski definition) is 1. The number of ether oxygens (including phenoxy) is 2. The summed E-state index contributed by atoms with van der Waals surface area (Å²) in [5, 5.41) is 3.32. The third-order valence-corrected chi connectivity index (χ3v) is 3.27. The molecule has 0 aliphatic heterocycles. The van der Waals surface area contributed by atoms with Crippen LogP contribution >= 0.6 is 0 Å². The van der Waals surface area contributed by atoms with Crippen molar-refractivity contribution < 1.29 is 13.9 Å². The molecular formula is C13H18FNO2. The zero-order chi connectivity index (χ0) is 12.3. The Balaban J connectivity index is 1.83. The molecule has 2 rings (SSSR count). The molecule has 1 aliphatic carbocycles. The first-order valence-corrected chi connectivity index (χ1v) is 5.81. The summed E-state index contributed by atoms with van der Waals surface area (Å²) in [6.45, 7) is 0.553. The van der Waals surface area contributed by atoms with Gasteiger partial charge in [0.15, 0.2) is 0 Å². The van der Waals surface area contributed by atoms with E-state index >= 15 is 0 Å². The highest BCUT2D eigenvalue weighted by molar-refractivity contribution is 5.28. The SMILES string of the molecule is COc1ccc(CNC2CC(OC)C2)c(F)c1. The van der Waals surface area contributed by atoms with E-state index in [4.69, 9.17) is 9.47 Å². The van der Waals surface area contributed by atoms with Crippen LogP contribution in [0.1, 0.15) is 18.4 Å². The van der Waals surface area contributed by atoms with Crippen molar-refractivity contribution in [1.82, 2.24) is 5.32 Å². The molecule has 0 heterocycles. The van der Waals surface area contributed by atoms with E-state index in [1.165, 1.54) is 13.2 Å². The zero-order valence-corrected chi connectivity index (χ0v) is 10.2. The van der Waals surface area contributed by atoms with Crippen LogP contribution in [-0.4, -0.2) is 26.4 Å². The standard InChI is InChI=1S/C13H18FNO2/c1-16-11-4-3-9(13(14)7-11)8-15-10-5-12(6-10)17-2/h3-4,7,10,12,15H,5-6,8H2,1-2H3. The van der Waals surface area contributed by atoms with Gasteiger partial charge in [-0.05, 0) is 18.9 Å². The maximum absolute atomic E-state index is 13.6. The Kier molecular flexibility index (Phi) is 3.97. The van der Waals surface area contributed by atoms with Gasteiger partial charge in [0.2, 0.25) is 0 Å². The van der Waals surface area contributed by atoms with E-state index in [1.54, 1.807) is 19.2 Å². The fourth-order valence-corrected chi connectivity index (χ4v) is 1.98. The molecule has 0 saturated heterocycles. The number of nitrogens with one attached hydrogen (secondary N) is 1. The highest BCUT2D eigenvalue weighted by Gasteiger charge is 2.28. The molecular weight excluding hydrogens is 221 g/mol. The molecule has 0 radical (unpaired) electrons. The summed E-state index contributed by atoms with van der Waals surface area (Å²) in [5.41, 5.74) is 0.673. The lowest BCUT2D eigenvalue weighted by atomic mass is 9.89. The Morgan fingerprint density at radius 3 is 2.71 bits per heavy atom. The molecule has 0 aromatic heterocycles. The van der Waals surface area contributed by atoms with E-state index in [0.717, 1.165) is 12.8 Å². The van der Waals surface area contributed by atoms with Crippen LogP contribution in [0.2, 0.25) is 0 Å². The third kappa shape index (κ3) is 2.96. The first-order chi connectivity index (χ1) is 8.22. The lowest BCUT2D eigenvalue weighted by Gasteiger charge is -2.34. The van der Waals surface area contributed by atoms with Gasteiger partial charge in [-0.2, -0.15) is 0 Å². The van der Waals surface area contributed by atoms with Crippen molar-refractivity contribution in [1.29, 1.82) is 0 Å². The largest absolute Gasteiger partial charge is 0.497 e. The quantitative estimate of drug-likeness (QED) is 0.853. The molecule has 1 N–H and O–H groups in total. The zero-order valence-electron chi connectivity index (χ0n) is 10.2. The second-order valence-electron chi connectivity index (χ2n) is 4.36. The Morgan fingerprint density at radius 1 is 1.35 bits per heavy atom. The average molecular weight is 239 g/mol. The van der Waals surface area contributed by atoms with E-state index in [9.17, 15) is 4.39 Å². The van der Waals surface area contributed by atoms with Crippen LogP contribution in [-0.2, 0) is 11.3 Å². The Morgan fingerprint density at radius 2 is 2.12 bits per heavy atom. The summed E-state index contributed by atoms with van der Waals surface area (Å²) in [6, 6.07) is 5.39. The molecule has 1 aromatic rings. The van der Waals surface area contributed by atoms with Gasteiger partial charge >= 0.3 is 0 Å². The molecule has 0 bridgehead atoms. The molecule has 94 valence electrons. The van der Waals surface area contributed by atoms with Crippen molar-refractivity contribution in [3.05, 3.63) is 29.6 Å². The number of benzene rings is 1. The molecule has 0 atom stereocenters. The summed E-state index contributed by atoms with van der Waals surface area (Å²) in [4.78, 5) is 0. The van der Waals surface area contributed by atoms with Crippen LogP contribution < -0.4 is 10.1 Å². The fourth-order valence-electron chi connectivity index (χ4n) is 1.98. The summed E-state index contributed by atoms with van der Waals surface area (Å²) in [7, 11) is 3.26. The van der Waals surface area contributed by atoms with Crippen molar-refractivity contribution in [2.75, 3.05) is 14.2 Å². The van der Waals surface area contributed by atoms with Gasteiger partial charge in [-0.1, -0.05) is 6.07 Å². The predicted octanol–water partition coefficient (Wildman–Crippen LogP) is 2.10. The Labute approximate surface area is 101 Å². The highest BCUT2D eigenvalue weighted by atomic mass is 19.1. The van der Waals surface area contributed by atoms with E-state index in [0.29, 0.717) is 30.0 Å². The molecule has 3 nitrogen and oxygen atoms in total. The smallest absolute Gasteiger partial charge is 0.131 e. The monoisotopic (exact) mass is 239 g/mol. The van der Waals surface area contributed by atoms with Crippen LogP contribution in [0.5, 0.6) is 5.75 Å². The normalized spacial score (nSPS) is 23.2. The van der Waals surface area contributed by atoms with Gasteiger partial charge in [0.25, 0.3) is 0 Å². The van der Waals surface area contributed by atoms with Crippen molar-refractivity contribution in [3.63, 3.8) is 0 Å². The van der Waals surface area contributed by atoms with Crippen molar-refractivity contribution in [2.45, 2.75) is 31.5 Å². The molecule has 0 amide bonds. The first-order valence-electron chi connectivity index (χ1n) is 5.81. The summed E-state index contributed by atoms with van der Waals surface area (Å²) >= 11 is 0. The average Bonchev–Trinajstić information content (AvgIpc) is 2.29. The first kappa shape index (κ1) is 12.3. The number of methoxy groups -OCH3 is 2. The highest BCUT2D eigenvalue weighted by Crippen LogP contribution is 2.23. The lowest BCUT2D eigenvalue weighted by molar-refractivity contribution is 0.0169. The minimum Gasteiger partial charge on any atom is -0.497 e. The Hall–Kier alpha value is -1.13. The maximum Gasteiger partial charge on any atom is 0.131 e. The van der Waals surface area contributed by atoms with Crippen LogP contribution in [0.3, 0.4) is 0 Å². The van der Waals surface area contributed by atoms with Gasteiger partial charge in [-0.15, -0.1) is 0 Å². The maximum atomic E-state index is 13.6. The van der Waals surface area contributed by atoms with Gasteiger partial charge in [0, 0.05) is 31.3 Å². The van der Waals surface area contributed by atoms with Gasteiger partial charge in [0.05, 0.1) is 13.2 Å². The second kappa shape index (κ2) is 5.47.